The van der Waals surface area contributed by atoms with E-state index < -0.39 is 6.43 Å². The van der Waals surface area contributed by atoms with Gasteiger partial charge in [-0.2, -0.15) is 0 Å². The molecule has 0 aliphatic carbocycles. The maximum Gasteiger partial charge on any atom is 0.267 e. The second-order valence-electron chi connectivity index (χ2n) is 3.72. The summed E-state index contributed by atoms with van der Waals surface area (Å²) in [4.78, 5) is 0. The molecule has 0 amide bonds. The number of halogens is 2. The lowest BCUT2D eigenvalue weighted by Gasteiger charge is -2.13. The van der Waals surface area contributed by atoms with E-state index >= 15 is 0 Å². The van der Waals surface area contributed by atoms with Crippen LogP contribution >= 0.6 is 0 Å². The number of nitrogens with two attached hydrogens (primary N) is 1. The van der Waals surface area contributed by atoms with Crippen molar-refractivity contribution in [2.45, 2.75) is 6.43 Å². The standard InChI is InChI=1S/C12H12F2N2O3/c1-17-9-4-6(8-5-10(15)19-16-8)3-7(12(13)14)11(9)18-2/h3-5,12H,15H2,1-2H3. The lowest BCUT2D eigenvalue weighted by molar-refractivity contribution is 0.146. The van der Waals surface area contributed by atoms with Gasteiger partial charge in [0.25, 0.3) is 6.43 Å². The number of hydrogen-bond donors (Lipinski definition) is 1. The van der Waals surface area contributed by atoms with Gasteiger partial charge >= 0.3 is 0 Å². The third-order valence-corrected chi connectivity index (χ3v) is 2.57. The van der Waals surface area contributed by atoms with Crippen molar-refractivity contribution in [3.63, 3.8) is 0 Å². The quantitative estimate of drug-likeness (QED) is 0.924. The molecule has 0 atom stereocenters. The summed E-state index contributed by atoms with van der Waals surface area (Å²) in [5.74, 6) is 0.290. The first kappa shape index (κ1) is 13.1. The Bertz CT molecular complexity index is 584. The summed E-state index contributed by atoms with van der Waals surface area (Å²) in [6, 6.07) is 4.24. The van der Waals surface area contributed by atoms with Gasteiger partial charge in [-0.25, -0.2) is 8.78 Å². The van der Waals surface area contributed by atoms with Crippen molar-refractivity contribution < 1.29 is 22.8 Å². The molecule has 0 saturated heterocycles. The third kappa shape index (κ3) is 2.44. The van der Waals surface area contributed by atoms with E-state index in [4.69, 9.17) is 19.7 Å². The Kier molecular flexibility index (Phi) is 3.55. The van der Waals surface area contributed by atoms with Crippen molar-refractivity contribution in [1.29, 1.82) is 0 Å². The van der Waals surface area contributed by atoms with Crippen molar-refractivity contribution in [1.82, 2.24) is 5.16 Å². The topological polar surface area (TPSA) is 70.5 Å². The number of methoxy groups -OCH3 is 2. The van der Waals surface area contributed by atoms with Gasteiger partial charge in [-0.1, -0.05) is 5.16 Å². The van der Waals surface area contributed by atoms with Gasteiger partial charge < -0.3 is 19.7 Å². The minimum absolute atomic E-state index is 0.00211. The van der Waals surface area contributed by atoms with Crippen LogP contribution in [-0.2, 0) is 0 Å². The van der Waals surface area contributed by atoms with Gasteiger partial charge in [0, 0.05) is 11.6 Å². The molecule has 5 nitrogen and oxygen atoms in total. The molecule has 7 heteroatoms. The van der Waals surface area contributed by atoms with Crippen LogP contribution in [0, 0.1) is 0 Å². The van der Waals surface area contributed by atoms with Gasteiger partial charge in [0.15, 0.2) is 11.5 Å². The maximum atomic E-state index is 13.0. The summed E-state index contributed by atoms with van der Waals surface area (Å²) in [7, 11) is 2.67. The third-order valence-electron chi connectivity index (χ3n) is 2.57. The molecule has 0 saturated carbocycles. The fourth-order valence-corrected chi connectivity index (χ4v) is 1.73. The molecular weight excluding hydrogens is 258 g/mol. The number of hydrogen-bond acceptors (Lipinski definition) is 5. The summed E-state index contributed by atoms with van der Waals surface area (Å²) in [5, 5.41) is 3.68. The molecule has 19 heavy (non-hydrogen) atoms. The molecule has 2 N–H and O–H groups in total. The van der Waals surface area contributed by atoms with Crippen LogP contribution in [0.3, 0.4) is 0 Å². The Morgan fingerprint density at radius 3 is 2.42 bits per heavy atom. The smallest absolute Gasteiger partial charge is 0.267 e. The fraction of sp³-hybridized carbons (Fsp3) is 0.250. The molecule has 0 radical (unpaired) electrons. The van der Waals surface area contributed by atoms with E-state index in [1.165, 1.54) is 32.4 Å². The fourth-order valence-electron chi connectivity index (χ4n) is 1.73. The van der Waals surface area contributed by atoms with Crippen molar-refractivity contribution in [2.24, 2.45) is 0 Å². The maximum absolute atomic E-state index is 13.0. The number of aromatic nitrogens is 1. The van der Waals surface area contributed by atoms with Crippen LogP contribution in [0.25, 0.3) is 11.3 Å². The van der Waals surface area contributed by atoms with Crippen molar-refractivity contribution in [3.05, 3.63) is 23.8 Å². The molecule has 0 fully saturated rings. The number of nitrogens with zero attached hydrogens (tertiary/aromatic N) is 1. The van der Waals surface area contributed by atoms with Gasteiger partial charge in [0.05, 0.1) is 19.8 Å². The van der Waals surface area contributed by atoms with Gasteiger partial charge in [0.2, 0.25) is 5.88 Å². The molecule has 0 aliphatic rings. The van der Waals surface area contributed by atoms with E-state index in [1.807, 2.05) is 0 Å². The molecule has 2 rings (SSSR count). The Hall–Kier alpha value is -2.31. The first-order valence-electron chi connectivity index (χ1n) is 5.33. The molecule has 1 heterocycles. The zero-order valence-corrected chi connectivity index (χ0v) is 10.3. The minimum atomic E-state index is -2.70. The average Bonchev–Trinajstić information content (AvgIpc) is 2.83. The highest BCUT2D eigenvalue weighted by atomic mass is 19.3. The zero-order chi connectivity index (χ0) is 14.0. The summed E-state index contributed by atoms with van der Waals surface area (Å²) in [6.45, 7) is 0. The van der Waals surface area contributed by atoms with Crippen LogP contribution < -0.4 is 15.2 Å². The van der Waals surface area contributed by atoms with Crippen LogP contribution in [0.15, 0.2) is 22.7 Å². The predicted molar refractivity (Wildman–Crippen MR) is 64.4 cm³/mol. The number of benzene rings is 1. The first-order valence-corrected chi connectivity index (χ1v) is 5.33. The SMILES string of the molecule is COc1cc(-c2cc(N)on2)cc(C(F)F)c1OC. The number of alkyl halides is 2. The minimum Gasteiger partial charge on any atom is -0.493 e. The molecule has 0 aliphatic heterocycles. The first-order chi connectivity index (χ1) is 9.06. The molecular formula is C12H12F2N2O3. The number of rotatable bonds is 4. The highest BCUT2D eigenvalue weighted by molar-refractivity contribution is 5.67. The highest BCUT2D eigenvalue weighted by Gasteiger charge is 2.21. The van der Waals surface area contributed by atoms with Crippen molar-refractivity contribution in [3.8, 4) is 22.8 Å². The van der Waals surface area contributed by atoms with Gasteiger partial charge in [-0.05, 0) is 12.1 Å². The zero-order valence-electron chi connectivity index (χ0n) is 10.3. The van der Waals surface area contributed by atoms with Crippen LogP contribution in [0.4, 0.5) is 14.7 Å². The highest BCUT2D eigenvalue weighted by Crippen LogP contribution is 2.40. The summed E-state index contributed by atoms with van der Waals surface area (Å²) < 4.78 is 40.8. The Morgan fingerprint density at radius 1 is 1.21 bits per heavy atom. The van der Waals surface area contributed by atoms with Crippen molar-refractivity contribution >= 4 is 5.88 Å². The van der Waals surface area contributed by atoms with E-state index in [-0.39, 0.29) is 22.9 Å². The van der Waals surface area contributed by atoms with E-state index in [9.17, 15) is 8.78 Å². The summed E-state index contributed by atoms with van der Waals surface area (Å²) >= 11 is 0. The summed E-state index contributed by atoms with van der Waals surface area (Å²) in [6.07, 6.45) is -2.70. The predicted octanol–water partition coefficient (Wildman–Crippen LogP) is 2.88. The Morgan fingerprint density at radius 2 is 1.95 bits per heavy atom. The lowest BCUT2D eigenvalue weighted by atomic mass is 10.1. The molecule has 2 aromatic rings. The number of anilines is 1. The van der Waals surface area contributed by atoms with Gasteiger partial charge in [-0.15, -0.1) is 0 Å². The normalized spacial score (nSPS) is 10.8. The largest absolute Gasteiger partial charge is 0.493 e. The van der Waals surface area contributed by atoms with Crippen LogP contribution in [0.5, 0.6) is 11.5 Å². The van der Waals surface area contributed by atoms with Crippen LogP contribution in [0.2, 0.25) is 0 Å². The molecule has 0 unspecified atom stereocenters. The van der Waals surface area contributed by atoms with Gasteiger partial charge in [-0.3, -0.25) is 0 Å². The molecule has 1 aromatic carbocycles. The van der Waals surface area contributed by atoms with E-state index in [0.717, 1.165) is 0 Å². The molecule has 0 spiro atoms. The van der Waals surface area contributed by atoms with E-state index in [0.29, 0.717) is 11.3 Å². The Balaban J connectivity index is 2.60. The number of ether oxygens (including phenoxy) is 2. The van der Waals surface area contributed by atoms with Crippen LogP contribution in [0.1, 0.15) is 12.0 Å². The lowest BCUT2D eigenvalue weighted by Crippen LogP contribution is -1.97. The van der Waals surface area contributed by atoms with E-state index in [1.54, 1.807) is 0 Å². The van der Waals surface area contributed by atoms with E-state index in [2.05, 4.69) is 5.16 Å². The average molecular weight is 270 g/mol. The molecule has 0 bridgehead atoms. The molecule has 1 aromatic heterocycles. The van der Waals surface area contributed by atoms with Crippen molar-refractivity contribution in [2.75, 3.05) is 20.0 Å². The monoisotopic (exact) mass is 270 g/mol. The Labute approximate surface area is 107 Å². The summed E-state index contributed by atoms with van der Waals surface area (Å²) in [5.41, 5.74) is 5.89. The van der Waals surface area contributed by atoms with Gasteiger partial charge in [0.1, 0.15) is 5.69 Å². The second kappa shape index (κ2) is 5.13. The molecule has 102 valence electrons. The number of nitrogen functional groups attached to an aromatic ring is 1. The second-order valence-corrected chi connectivity index (χ2v) is 3.72. The van der Waals surface area contributed by atoms with Crippen LogP contribution in [-0.4, -0.2) is 19.4 Å².